The maximum Gasteiger partial charge on any atom is 0.500 e. The third-order valence-electron chi connectivity index (χ3n) is 1.78. The van der Waals surface area contributed by atoms with Crippen LogP contribution in [0.4, 0.5) is 0 Å². The number of hydrogen-bond acceptors (Lipinski definition) is 5. The third kappa shape index (κ3) is 11.6. The van der Waals surface area contributed by atoms with E-state index in [1.807, 2.05) is 20.8 Å². The minimum absolute atomic E-state index is 0. The minimum Gasteiger partial charge on any atom is -0.374 e. The zero-order valence-electron chi connectivity index (χ0n) is 11.1. The van der Waals surface area contributed by atoms with Crippen LogP contribution >= 0.6 is 29.4 Å². The van der Waals surface area contributed by atoms with E-state index in [0.29, 0.717) is 26.4 Å². The molecule has 5 nitrogen and oxygen atoms in total. The van der Waals surface area contributed by atoms with Gasteiger partial charge in [0.15, 0.2) is 0 Å². The first-order chi connectivity index (χ1) is 6.74. The van der Waals surface area contributed by atoms with Crippen LogP contribution < -0.4 is 11.9 Å². The monoisotopic (exact) mass is 354 g/mol. The maximum absolute atomic E-state index is 5.65. The summed E-state index contributed by atoms with van der Waals surface area (Å²) in [7, 11) is -2.40. The molecule has 0 fully saturated rings. The van der Waals surface area contributed by atoms with Crippen molar-refractivity contribution in [1.29, 1.82) is 0 Å². The second kappa shape index (κ2) is 16.8. The van der Waals surface area contributed by atoms with E-state index in [0.717, 1.165) is 12.5 Å². The maximum atomic E-state index is 5.65. The molecule has 0 bridgehead atoms. The van der Waals surface area contributed by atoms with Crippen LogP contribution in [0.2, 0.25) is 6.04 Å². The Morgan fingerprint density at radius 2 is 1.29 bits per heavy atom. The molecule has 0 rings (SSSR count). The van der Waals surface area contributed by atoms with Crippen LogP contribution in [0.3, 0.4) is 0 Å². The van der Waals surface area contributed by atoms with Gasteiger partial charge in [0.2, 0.25) is 0 Å². The number of rotatable bonds is 9. The molecule has 0 saturated carbocycles. The standard InChI is InChI=1S/C9H23NO3Si.BrH.ClH.H3N/c1-4-11-14(12-5-2,13-6-3)9-7-8-10;;;/h4-10H2,1-3H3;2*1H;1H3. The van der Waals surface area contributed by atoms with Gasteiger partial charge in [0.25, 0.3) is 0 Å². The Labute approximate surface area is 123 Å². The zero-order chi connectivity index (χ0) is 10.9. The number of hydrogen-bond donors (Lipinski definition) is 2. The molecular weight excluding hydrogens is 328 g/mol. The average Bonchev–Trinajstić information content (AvgIpc) is 2.16. The smallest absolute Gasteiger partial charge is 0.374 e. The van der Waals surface area contributed by atoms with Gasteiger partial charge in [0.1, 0.15) is 0 Å². The molecule has 0 radical (unpaired) electrons. The Morgan fingerprint density at radius 3 is 1.53 bits per heavy atom. The molecule has 0 unspecified atom stereocenters. The van der Waals surface area contributed by atoms with Crippen molar-refractivity contribution in [1.82, 2.24) is 6.15 Å². The molecule has 5 N–H and O–H groups in total. The fourth-order valence-corrected chi connectivity index (χ4v) is 3.96. The normalized spacial score (nSPS) is 9.88. The van der Waals surface area contributed by atoms with Crippen LogP contribution in [0.1, 0.15) is 27.2 Å². The Balaban J connectivity index is -0.000000282. The predicted molar refractivity (Wildman–Crippen MR) is 81.7 cm³/mol. The van der Waals surface area contributed by atoms with E-state index in [-0.39, 0.29) is 35.5 Å². The summed E-state index contributed by atoms with van der Waals surface area (Å²) in [4.78, 5) is 0. The number of nitrogens with two attached hydrogens (primary N) is 1. The highest BCUT2D eigenvalue weighted by atomic mass is 79.9. The summed E-state index contributed by atoms with van der Waals surface area (Å²) < 4.78 is 17.0. The first kappa shape index (κ1) is 26.4. The quantitative estimate of drug-likeness (QED) is 0.620. The van der Waals surface area contributed by atoms with Gasteiger partial charge in [-0.05, 0) is 33.7 Å². The summed E-state index contributed by atoms with van der Waals surface area (Å²) in [5, 5.41) is 0. The lowest BCUT2D eigenvalue weighted by atomic mass is 10.5. The van der Waals surface area contributed by atoms with Gasteiger partial charge in [-0.15, -0.1) is 29.4 Å². The molecule has 0 spiro atoms. The Morgan fingerprint density at radius 1 is 0.941 bits per heavy atom. The van der Waals surface area contributed by atoms with Crippen molar-refractivity contribution in [3.05, 3.63) is 0 Å². The van der Waals surface area contributed by atoms with Crippen molar-refractivity contribution in [2.45, 2.75) is 33.2 Å². The van der Waals surface area contributed by atoms with Crippen molar-refractivity contribution in [3.63, 3.8) is 0 Å². The highest BCUT2D eigenvalue weighted by Gasteiger charge is 2.39. The molecule has 0 aromatic rings. The van der Waals surface area contributed by atoms with Gasteiger partial charge in [0, 0.05) is 25.9 Å². The van der Waals surface area contributed by atoms with Crippen LogP contribution in [-0.2, 0) is 13.3 Å². The van der Waals surface area contributed by atoms with Gasteiger partial charge in [-0.1, -0.05) is 0 Å². The number of halogens is 2. The van der Waals surface area contributed by atoms with Gasteiger partial charge >= 0.3 is 8.80 Å². The summed E-state index contributed by atoms with van der Waals surface area (Å²) in [6.45, 7) is 8.44. The second-order valence-electron chi connectivity index (χ2n) is 2.87. The fourth-order valence-electron chi connectivity index (χ4n) is 1.32. The van der Waals surface area contributed by atoms with Crippen molar-refractivity contribution in [3.8, 4) is 0 Å². The molecule has 0 aliphatic heterocycles. The van der Waals surface area contributed by atoms with Crippen LogP contribution in [0.5, 0.6) is 0 Å². The van der Waals surface area contributed by atoms with Crippen LogP contribution in [-0.4, -0.2) is 35.2 Å². The molecule has 8 heteroatoms. The van der Waals surface area contributed by atoms with Crippen LogP contribution in [0, 0.1) is 0 Å². The largest absolute Gasteiger partial charge is 0.500 e. The van der Waals surface area contributed by atoms with Crippen molar-refractivity contribution >= 4 is 38.2 Å². The predicted octanol–water partition coefficient (Wildman–Crippen LogP) is 2.55. The first-order valence-corrected chi connectivity index (χ1v) is 7.29. The molecule has 0 heterocycles. The molecule has 17 heavy (non-hydrogen) atoms. The lowest BCUT2D eigenvalue weighted by Crippen LogP contribution is -2.46. The van der Waals surface area contributed by atoms with Crippen molar-refractivity contribution in [2.75, 3.05) is 26.4 Å². The summed E-state index contributed by atoms with van der Waals surface area (Å²) in [6, 6.07) is 0.818. The summed E-state index contributed by atoms with van der Waals surface area (Å²) in [5.41, 5.74) is 5.48. The van der Waals surface area contributed by atoms with E-state index >= 15 is 0 Å². The zero-order valence-corrected chi connectivity index (χ0v) is 14.6. The molecule has 0 aromatic carbocycles. The average molecular weight is 356 g/mol. The van der Waals surface area contributed by atoms with Crippen molar-refractivity contribution < 1.29 is 13.3 Å². The van der Waals surface area contributed by atoms with Gasteiger partial charge in [-0.2, -0.15) is 0 Å². The highest BCUT2D eigenvalue weighted by Crippen LogP contribution is 2.17. The first-order valence-electron chi connectivity index (χ1n) is 5.36. The lowest BCUT2D eigenvalue weighted by Gasteiger charge is -2.28. The molecule has 0 amide bonds. The Hall–Kier alpha value is 0.787. The Bertz CT molecular complexity index is 132. The lowest BCUT2D eigenvalue weighted by molar-refractivity contribution is 0.0710. The fraction of sp³-hybridized carbons (Fsp3) is 1.00. The van der Waals surface area contributed by atoms with E-state index in [1.54, 1.807) is 0 Å². The molecule has 110 valence electrons. The molecule has 0 atom stereocenters. The van der Waals surface area contributed by atoms with E-state index in [4.69, 9.17) is 19.0 Å². The summed E-state index contributed by atoms with van der Waals surface area (Å²) in [6.07, 6.45) is 0.895. The minimum atomic E-state index is -2.40. The Kier molecular flexibility index (Phi) is 26.0. The third-order valence-corrected chi connectivity index (χ3v) is 4.93. The van der Waals surface area contributed by atoms with Gasteiger partial charge < -0.3 is 25.2 Å². The van der Waals surface area contributed by atoms with Gasteiger partial charge in [-0.25, -0.2) is 0 Å². The topological polar surface area (TPSA) is 88.7 Å². The van der Waals surface area contributed by atoms with E-state index < -0.39 is 8.80 Å². The molecular formula is C9H28BrClN2O3Si. The van der Waals surface area contributed by atoms with E-state index in [9.17, 15) is 0 Å². The second-order valence-corrected chi connectivity index (χ2v) is 5.61. The van der Waals surface area contributed by atoms with Crippen LogP contribution in [0.15, 0.2) is 0 Å². The van der Waals surface area contributed by atoms with Crippen molar-refractivity contribution in [2.24, 2.45) is 5.73 Å². The SMILES string of the molecule is Br.CCO[Si](CCCN)(OCC)OCC.Cl.N. The highest BCUT2D eigenvalue weighted by molar-refractivity contribution is 8.93. The molecule has 0 saturated heterocycles. The summed E-state index contributed by atoms with van der Waals surface area (Å²) >= 11 is 0. The molecule has 0 aliphatic rings. The van der Waals surface area contributed by atoms with E-state index in [2.05, 4.69) is 0 Å². The van der Waals surface area contributed by atoms with Gasteiger partial charge in [-0.3, -0.25) is 0 Å². The summed E-state index contributed by atoms with van der Waals surface area (Å²) in [5.74, 6) is 0. The van der Waals surface area contributed by atoms with Gasteiger partial charge in [0.05, 0.1) is 0 Å². The van der Waals surface area contributed by atoms with Crippen LogP contribution in [0.25, 0.3) is 0 Å². The molecule has 0 aromatic heterocycles. The molecule has 0 aliphatic carbocycles. The van der Waals surface area contributed by atoms with E-state index in [1.165, 1.54) is 0 Å².